The first-order chi connectivity index (χ1) is 8.79. The molecule has 6 heteroatoms. The van der Waals surface area contributed by atoms with E-state index in [0.29, 0.717) is 11.5 Å². The number of carbonyl (C=O) groups is 1. The maximum Gasteiger partial charge on any atom is 0.254 e. The summed E-state index contributed by atoms with van der Waals surface area (Å²) in [6.45, 7) is 4.89. The summed E-state index contributed by atoms with van der Waals surface area (Å²) < 4.78 is 22.3. The van der Waals surface area contributed by atoms with Crippen molar-refractivity contribution >= 4 is 15.9 Å². The van der Waals surface area contributed by atoms with Crippen LogP contribution in [0.3, 0.4) is 0 Å². The Morgan fingerprint density at radius 3 is 2.26 bits per heavy atom. The average Bonchev–Trinajstić information content (AvgIpc) is 2.66. The zero-order valence-electron chi connectivity index (χ0n) is 11.0. The van der Waals surface area contributed by atoms with Crippen molar-refractivity contribution in [2.45, 2.75) is 31.2 Å². The third-order valence-electron chi connectivity index (χ3n) is 3.47. The molecule has 1 saturated heterocycles. The summed E-state index contributed by atoms with van der Waals surface area (Å²) in [6.07, 6.45) is 1.00. The maximum atomic E-state index is 12.3. The van der Waals surface area contributed by atoms with E-state index in [9.17, 15) is 13.2 Å². The molecule has 5 nitrogen and oxygen atoms in total. The number of nitrogens with two attached hydrogens (primary N) is 1. The van der Waals surface area contributed by atoms with Crippen LogP contribution in [-0.4, -0.2) is 31.8 Å². The molecule has 1 aliphatic heterocycles. The first kappa shape index (κ1) is 14.0. The summed E-state index contributed by atoms with van der Waals surface area (Å²) in [5.74, 6) is 0.445. The summed E-state index contributed by atoms with van der Waals surface area (Å²) >= 11 is 0. The van der Waals surface area contributed by atoms with Crippen molar-refractivity contribution in [3.8, 4) is 0 Å². The molecule has 0 radical (unpaired) electrons. The molecule has 1 aromatic carbocycles. The SMILES string of the molecule is CC1CC(C)N(C(=O)c2ccc(S(N)(=O)=O)cc2)C1. The second kappa shape index (κ2) is 4.94. The van der Waals surface area contributed by atoms with E-state index in [0.717, 1.165) is 13.0 Å². The predicted molar refractivity (Wildman–Crippen MR) is 72.1 cm³/mol. The van der Waals surface area contributed by atoms with Crippen molar-refractivity contribution < 1.29 is 13.2 Å². The smallest absolute Gasteiger partial charge is 0.254 e. The summed E-state index contributed by atoms with van der Waals surface area (Å²) in [7, 11) is -3.71. The van der Waals surface area contributed by atoms with Crippen molar-refractivity contribution in [2.75, 3.05) is 6.54 Å². The van der Waals surface area contributed by atoms with Crippen LogP contribution in [0.5, 0.6) is 0 Å². The van der Waals surface area contributed by atoms with E-state index >= 15 is 0 Å². The zero-order valence-corrected chi connectivity index (χ0v) is 11.9. The molecule has 0 aromatic heterocycles. The van der Waals surface area contributed by atoms with E-state index in [4.69, 9.17) is 5.14 Å². The van der Waals surface area contributed by atoms with Crippen molar-refractivity contribution in [3.63, 3.8) is 0 Å². The monoisotopic (exact) mass is 282 g/mol. The Bertz CT molecular complexity index is 580. The summed E-state index contributed by atoms with van der Waals surface area (Å²) in [4.78, 5) is 14.2. The lowest BCUT2D eigenvalue weighted by Crippen LogP contribution is -2.33. The number of sulfonamides is 1. The Hall–Kier alpha value is -1.40. The van der Waals surface area contributed by atoms with Crippen LogP contribution in [0.25, 0.3) is 0 Å². The number of carbonyl (C=O) groups excluding carboxylic acids is 1. The van der Waals surface area contributed by atoms with Gasteiger partial charge in [-0.3, -0.25) is 4.79 Å². The number of primary sulfonamides is 1. The molecule has 104 valence electrons. The van der Waals surface area contributed by atoms with Gasteiger partial charge in [-0.15, -0.1) is 0 Å². The highest BCUT2D eigenvalue weighted by Gasteiger charge is 2.30. The van der Waals surface area contributed by atoms with E-state index in [1.807, 2.05) is 11.8 Å². The van der Waals surface area contributed by atoms with Crippen LogP contribution in [0.4, 0.5) is 0 Å². The first-order valence-electron chi connectivity index (χ1n) is 6.23. The molecule has 2 rings (SSSR count). The predicted octanol–water partition coefficient (Wildman–Crippen LogP) is 1.20. The van der Waals surface area contributed by atoms with Crippen molar-refractivity contribution in [2.24, 2.45) is 11.1 Å². The normalized spacial score (nSPS) is 23.6. The standard InChI is InChI=1S/C13H18N2O3S/c1-9-7-10(2)15(8-9)13(16)11-3-5-12(6-4-11)19(14,17)18/h3-6,9-10H,7-8H2,1-2H3,(H2,14,17,18). The fourth-order valence-electron chi connectivity index (χ4n) is 2.54. The van der Waals surface area contributed by atoms with Crippen molar-refractivity contribution in [3.05, 3.63) is 29.8 Å². The van der Waals surface area contributed by atoms with Crippen LogP contribution in [0.1, 0.15) is 30.6 Å². The van der Waals surface area contributed by atoms with Crippen LogP contribution < -0.4 is 5.14 Å². The number of nitrogens with zero attached hydrogens (tertiary/aromatic N) is 1. The van der Waals surface area contributed by atoms with Crippen LogP contribution in [0, 0.1) is 5.92 Å². The number of hydrogen-bond donors (Lipinski definition) is 1. The molecule has 1 heterocycles. The van der Waals surface area contributed by atoms with E-state index in [-0.39, 0.29) is 16.8 Å². The van der Waals surface area contributed by atoms with Gasteiger partial charge in [0.1, 0.15) is 0 Å². The summed E-state index contributed by atoms with van der Waals surface area (Å²) in [5, 5.41) is 5.02. The minimum absolute atomic E-state index is 0.0203. The lowest BCUT2D eigenvalue weighted by atomic mass is 10.1. The Morgan fingerprint density at radius 2 is 1.84 bits per heavy atom. The molecular weight excluding hydrogens is 264 g/mol. The van der Waals surface area contributed by atoms with Gasteiger partial charge in [0.25, 0.3) is 5.91 Å². The number of amides is 1. The molecule has 1 aromatic rings. The molecule has 2 unspecified atom stereocenters. The Morgan fingerprint density at radius 1 is 1.26 bits per heavy atom. The molecule has 0 aliphatic carbocycles. The molecule has 1 amide bonds. The average molecular weight is 282 g/mol. The number of benzene rings is 1. The van der Waals surface area contributed by atoms with Gasteiger partial charge in [0, 0.05) is 18.2 Å². The Balaban J connectivity index is 2.21. The summed E-state index contributed by atoms with van der Waals surface area (Å²) in [5.41, 5.74) is 0.494. The fourth-order valence-corrected chi connectivity index (χ4v) is 3.05. The number of hydrogen-bond acceptors (Lipinski definition) is 3. The van der Waals surface area contributed by atoms with Crippen molar-refractivity contribution in [1.82, 2.24) is 4.90 Å². The van der Waals surface area contributed by atoms with Gasteiger partial charge in [-0.05, 0) is 43.5 Å². The van der Waals surface area contributed by atoms with Crippen LogP contribution >= 0.6 is 0 Å². The quantitative estimate of drug-likeness (QED) is 0.885. The third kappa shape index (κ3) is 2.96. The molecular formula is C13H18N2O3S. The zero-order chi connectivity index (χ0) is 14.2. The lowest BCUT2D eigenvalue weighted by Gasteiger charge is -2.21. The molecule has 0 spiro atoms. The van der Waals surface area contributed by atoms with Crippen molar-refractivity contribution in [1.29, 1.82) is 0 Å². The molecule has 2 atom stereocenters. The number of likely N-dealkylation sites (tertiary alicyclic amines) is 1. The van der Waals surface area contributed by atoms with Crippen LogP contribution in [0.2, 0.25) is 0 Å². The van der Waals surface area contributed by atoms with Gasteiger partial charge >= 0.3 is 0 Å². The van der Waals surface area contributed by atoms with Gasteiger partial charge in [0.2, 0.25) is 10.0 Å². The van der Waals surface area contributed by atoms with E-state index in [2.05, 4.69) is 6.92 Å². The number of rotatable bonds is 2. The molecule has 0 bridgehead atoms. The lowest BCUT2D eigenvalue weighted by molar-refractivity contribution is 0.0743. The second-order valence-corrected chi connectivity index (χ2v) is 6.78. The van der Waals surface area contributed by atoms with Gasteiger partial charge in [0.15, 0.2) is 0 Å². The Kier molecular flexibility index (Phi) is 3.64. The van der Waals surface area contributed by atoms with Gasteiger partial charge in [-0.1, -0.05) is 6.92 Å². The Labute approximate surface area is 113 Å². The topological polar surface area (TPSA) is 80.5 Å². The van der Waals surface area contributed by atoms with Gasteiger partial charge in [-0.25, -0.2) is 13.6 Å². The highest BCUT2D eigenvalue weighted by atomic mass is 32.2. The van der Waals surface area contributed by atoms with Crippen LogP contribution in [0.15, 0.2) is 29.2 Å². The second-order valence-electron chi connectivity index (χ2n) is 5.22. The van der Waals surface area contributed by atoms with E-state index in [1.54, 1.807) is 0 Å². The van der Waals surface area contributed by atoms with E-state index in [1.165, 1.54) is 24.3 Å². The third-order valence-corrected chi connectivity index (χ3v) is 4.40. The molecule has 0 saturated carbocycles. The molecule has 1 aliphatic rings. The molecule has 1 fully saturated rings. The highest BCUT2D eigenvalue weighted by Crippen LogP contribution is 2.24. The first-order valence-corrected chi connectivity index (χ1v) is 7.77. The molecule has 2 N–H and O–H groups in total. The minimum Gasteiger partial charge on any atom is -0.336 e. The maximum absolute atomic E-state index is 12.3. The fraction of sp³-hybridized carbons (Fsp3) is 0.462. The van der Waals surface area contributed by atoms with Gasteiger partial charge < -0.3 is 4.90 Å². The highest BCUT2D eigenvalue weighted by molar-refractivity contribution is 7.89. The summed E-state index contributed by atoms with van der Waals surface area (Å²) in [6, 6.07) is 5.98. The van der Waals surface area contributed by atoms with Gasteiger partial charge in [0.05, 0.1) is 4.90 Å². The van der Waals surface area contributed by atoms with E-state index < -0.39 is 10.0 Å². The van der Waals surface area contributed by atoms with Gasteiger partial charge in [-0.2, -0.15) is 0 Å². The molecule has 19 heavy (non-hydrogen) atoms. The van der Waals surface area contributed by atoms with Crippen LogP contribution in [-0.2, 0) is 10.0 Å². The largest absolute Gasteiger partial charge is 0.336 e. The minimum atomic E-state index is -3.71.